The Bertz CT molecular complexity index is 1900. The molecule has 0 unspecified atom stereocenters. The van der Waals surface area contributed by atoms with E-state index in [1.807, 2.05) is 35.2 Å². The zero-order valence-electron chi connectivity index (χ0n) is 25.6. The summed E-state index contributed by atoms with van der Waals surface area (Å²) in [6.45, 7) is 2.17. The number of carbonyl (C=O) groups is 1. The number of fused-ring (bicyclic) bond motifs is 1. The number of aromatic nitrogens is 2. The molecule has 9 heteroatoms. The summed E-state index contributed by atoms with van der Waals surface area (Å²) in [4.78, 5) is 35.9. The second-order valence-corrected chi connectivity index (χ2v) is 12.3. The lowest BCUT2D eigenvalue weighted by Crippen LogP contribution is -2.47. The summed E-state index contributed by atoms with van der Waals surface area (Å²) in [6.07, 6.45) is 1.98. The molecule has 2 heterocycles. The molecule has 6 nitrogen and oxygen atoms in total. The van der Waals surface area contributed by atoms with Crippen LogP contribution < -0.4 is 5.56 Å². The van der Waals surface area contributed by atoms with Crippen molar-refractivity contribution in [2.75, 3.05) is 20.1 Å². The summed E-state index contributed by atoms with van der Waals surface area (Å²) in [6, 6.07) is 27.1. The van der Waals surface area contributed by atoms with Crippen molar-refractivity contribution in [1.29, 1.82) is 0 Å². The molecule has 4 aromatic carbocycles. The minimum atomic E-state index is -0.925. The van der Waals surface area contributed by atoms with Gasteiger partial charge in [0.15, 0.2) is 11.6 Å². The Kier molecular flexibility index (Phi) is 9.56. The lowest BCUT2D eigenvalue weighted by molar-refractivity contribution is -0.135. The van der Waals surface area contributed by atoms with Crippen molar-refractivity contribution in [1.82, 2.24) is 19.4 Å². The number of benzene rings is 4. The highest BCUT2D eigenvalue weighted by Crippen LogP contribution is 2.25. The number of hydrogen-bond acceptors (Lipinski definition) is 4. The largest absolute Gasteiger partial charge is 0.334 e. The van der Waals surface area contributed by atoms with Gasteiger partial charge in [0.1, 0.15) is 12.4 Å². The Labute approximate surface area is 271 Å². The van der Waals surface area contributed by atoms with Crippen LogP contribution >= 0.6 is 11.6 Å². The number of hydrogen-bond donors (Lipinski definition) is 0. The van der Waals surface area contributed by atoms with Gasteiger partial charge in [-0.15, -0.1) is 0 Å². The maximum atomic E-state index is 14.5. The van der Waals surface area contributed by atoms with Crippen LogP contribution in [0, 0.1) is 11.6 Å². The van der Waals surface area contributed by atoms with Crippen molar-refractivity contribution in [3.05, 3.63) is 135 Å². The van der Waals surface area contributed by atoms with Crippen LogP contribution in [0.15, 0.2) is 95.8 Å². The van der Waals surface area contributed by atoms with Gasteiger partial charge < -0.3 is 14.4 Å². The van der Waals surface area contributed by atoms with Gasteiger partial charge in [-0.3, -0.25) is 9.59 Å². The molecule has 5 aromatic rings. The smallest absolute Gasteiger partial charge is 0.280 e. The minimum Gasteiger partial charge on any atom is -0.334 e. The van der Waals surface area contributed by atoms with Gasteiger partial charge in [0.2, 0.25) is 5.91 Å². The fourth-order valence-corrected chi connectivity index (χ4v) is 6.34. The van der Waals surface area contributed by atoms with Crippen LogP contribution in [-0.4, -0.2) is 51.4 Å². The molecule has 1 saturated heterocycles. The van der Waals surface area contributed by atoms with Crippen LogP contribution in [-0.2, 0) is 30.7 Å². The molecule has 0 aliphatic carbocycles. The average Bonchev–Trinajstić information content (AvgIpc) is 3.07. The molecule has 0 saturated carbocycles. The molecule has 1 aliphatic heterocycles. The van der Waals surface area contributed by atoms with Crippen molar-refractivity contribution in [3.8, 4) is 11.1 Å². The molecule has 46 heavy (non-hydrogen) atoms. The van der Waals surface area contributed by atoms with E-state index in [4.69, 9.17) is 11.6 Å². The van der Waals surface area contributed by atoms with E-state index in [-0.39, 0.29) is 36.9 Å². The Morgan fingerprint density at radius 3 is 2.28 bits per heavy atom. The molecule has 0 radical (unpaired) electrons. The van der Waals surface area contributed by atoms with E-state index in [2.05, 4.69) is 41.2 Å². The lowest BCUT2D eigenvalue weighted by Gasteiger charge is -2.38. The zero-order valence-corrected chi connectivity index (χ0v) is 26.4. The summed E-state index contributed by atoms with van der Waals surface area (Å²) in [7, 11) is 2.09. The van der Waals surface area contributed by atoms with Crippen molar-refractivity contribution in [3.63, 3.8) is 0 Å². The van der Waals surface area contributed by atoms with Gasteiger partial charge in [0.05, 0.1) is 10.9 Å². The van der Waals surface area contributed by atoms with Gasteiger partial charge in [-0.1, -0.05) is 72.3 Å². The van der Waals surface area contributed by atoms with Gasteiger partial charge in [-0.25, -0.2) is 8.78 Å². The van der Waals surface area contributed by atoms with E-state index >= 15 is 0 Å². The average molecular weight is 641 g/mol. The molecule has 6 rings (SSSR count). The van der Waals surface area contributed by atoms with Gasteiger partial charge in [-0.2, -0.15) is 4.98 Å². The minimum absolute atomic E-state index is 0.0377. The first-order valence-electron chi connectivity index (χ1n) is 15.5. The zero-order chi connectivity index (χ0) is 32.2. The van der Waals surface area contributed by atoms with Crippen molar-refractivity contribution < 1.29 is 13.6 Å². The molecule has 1 aliphatic rings. The summed E-state index contributed by atoms with van der Waals surface area (Å²) in [5.41, 5.74) is 3.48. The third kappa shape index (κ3) is 7.03. The van der Waals surface area contributed by atoms with Crippen molar-refractivity contribution >= 4 is 28.4 Å². The first-order chi connectivity index (χ1) is 22.3. The fourth-order valence-electron chi connectivity index (χ4n) is 6.22. The van der Waals surface area contributed by atoms with Crippen LogP contribution in [0.2, 0.25) is 5.02 Å². The highest BCUT2D eigenvalue weighted by molar-refractivity contribution is 6.30. The topological polar surface area (TPSA) is 58.4 Å². The van der Waals surface area contributed by atoms with Crippen LogP contribution in [0.4, 0.5) is 8.78 Å². The Hall–Kier alpha value is -4.40. The maximum Gasteiger partial charge on any atom is 0.280 e. The van der Waals surface area contributed by atoms with E-state index in [0.717, 1.165) is 48.7 Å². The maximum absolute atomic E-state index is 14.5. The molecule has 0 bridgehead atoms. The molecule has 0 N–H and O–H groups in total. The standard InChI is InChI=1S/C37H35ClF2N4O2/c1-42-21-19-30(20-22-42)43(23-25-9-11-26(12-10-25)27-13-16-29(38)17-14-27)35(45)24-44-33-8-3-2-6-31(33)37(46)41-34(44)18-15-28-5-4-7-32(39)36(28)40/h2-14,16-17,30H,15,18-24H2,1H3. The van der Waals surface area contributed by atoms with Crippen LogP contribution in [0.1, 0.15) is 29.8 Å². The van der Waals surface area contributed by atoms with E-state index in [1.54, 1.807) is 22.8 Å². The molecule has 1 fully saturated rings. The third-order valence-electron chi connectivity index (χ3n) is 8.84. The van der Waals surface area contributed by atoms with Crippen molar-refractivity contribution in [2.24, 2.45) is 0 Å². The second kappa shape index (κ2) is 13.9. The number of carbonyl (C=O) groups excluding carboxylic acids is 1. The first-order valence-corrected chi connectivity index (χ1v) is 15.9. The highest BCUT2D eigenvalue weighted by atomic mass is 35.5. The summed E-state index contributed by atoms with van der Waals surface area (Å²) < 4.78 is 30.2. The van der Waals surface area contributed by atoms with Crippen LogP contribution in [0.5, 0.6) is 0 Å². The molecule has 1 aromatic heterocycles. The van der Waals surface area contributed by atoms with Gasteiger partial charge in [0, 0.05) is 24.0 Å². The Morgan fingerprint density at radius 1 is 0.891 bits per heavy atom. The van der Waals surface area contributed by atoms with Crippen LogP contribution in [0.3, 0.4) is 0 Å². The number of piperidine rings is 1. The molecular weight excluding hydrogens is 606 g/mol. The number of rotatable bonds is 9. The number of amides is 1. The predicted octanol–water partition coefficient (Wildman–Crippen LogP) is 6.90. The molecule has 236 valence electrons. The fraction of sp³-hybridized carbons (Fsp3) is 0.270. The number of likely N-dealkylation sites (tertiary alicyclic amines) is 1. The lowest BCUT2D eigenvalue weighted by atomic mass is 10.0. The van der Waals surface area contributed by atoms with Crippen LogP contribution in [0.25, 0.3) is 22.0 Å². The highest BCUT2D eigenvalue weighted by Gasteiger charge is 2.28. The van der Waals surface area contributed by atoms with E-state index in [9.17, 15) is 18.4 Å². The molecular formula is C37H35ClF2N4O2. The summed E-state index contributed by atoms with van der Waals surface area (Å²) in [5.74, 6) is -1.57. The summed E-state index contributed by atoms with van der Waals surface area (Å²) in [5, 5.41) is 1.09. The normalized spacial score (nSPS) is 14.1. The first kappa shape index (κ1) is 31.6. The van der Waals surface area contributed by atoms with E-state index in [0.29, 0.717) is 28.3 Å². The Balaban J connectivity index is 1.31. The van der Waals surface area contributed by atoms with E-state index < -0.39 is 17.2 Å². The Morgan fingerprint density at radius 2 is 1.57 bits per heavy atom. The van der Waals surface area contributed by atoms with E-state index in [1.165, 1.54) is 12.1 Å². The third-order valence-corrected chi connectivity index (χ3v) is 9.10. The van der Waals surface area contributed by atoms with Gasteiger partial charge in [0.25, 0.3) is 5.56 Å². The predicted molar refractivity (Wildman–Crippen MR) is 178 cm³/mol. The van der Waals surface area contributed by atoms with Gasteiger partial charge >= 0.3 is 0 Å². The second-order valence-electron chi connectivity index (χ2n) is 11.9. The number of halogens is 3. The SMILES string of the molecule is CN1CCC(N(Cc2ccc(-c3ccc(Cl)cc3)cc2)C(=O)Cn2c(CCc3cccc(F)c3F)nc(=O)c3ccccc32)CC1. The van der Waals surface area contributed by atoms with Gasteiger partial charge in [-0.05, 0) is 92.0 Å². The number of nitrogens with zero attached hydrogens (tertiary/aromatic N) is 4. The number of para-hydroxylation sites is 1. The summed E-state index contributed by atoms with van der Waals surface area (Å²) >= 11 is 6.07. The molecule has 0 atom stereocenters. The molecule has 0 spiro atoms. The molecule has 1 amide bonds. The monoisotopic (exact) mass is 640 g/mol. The van der Waals surface area contributed by atoms with Crippen molar-refractivity contribution in [2.45, 2.75) is 44.8 Å². The quantitative estimate of drug-likeness (QED) is 0.176. The number of aryl methyl sites for hydroxylation is 2.